The molecule has 0 radical (unpaired) electrons. The summed E-state index contributed by atoms with van der Waals surface area (Å²) in [5.41, 5.74) is 0.459. The molecule has 0 spiro atoms. The van der Waals surface area contributed by atoms with Gasteiger partial charge in [0.25, 0.3) is 0 Å². The van der Waals surface area contributed by atoms with Crippen molar-refractivity contribution >= 4 is 170 Å². The molecule has 9 aromatic rings. The van der Waals surface area contributed by atoms with Crippen molar-refractivity contribution in [1.82, 2.24) is 0 Å². The lowest BCUT2D eigenvalue weighted by atomic mass is 9.27. The van der Waals surface area contributed by atoms with Crippen LogP contribution >= 0.6 is 0 Å². The summed E-state index contributed by atoms with van der Waals surface area (Å²) < 4.78 is 75.3. The van der Waals surface area contributed by atoms with Gasteiger partial charge in [0, 0.05) is 89.7 Å². The van der Waals surface area contributed by atoms with Gasteiger partial charge in [0.15, 0.2) is 63.6 Å². The molecule has 0 aromatic heterocycles. The van der Waals surface area contributed by atoms with Gasteiger partial charge in [-0.15, -0.1) is 0 Å². The molecular weight excluding hydrogens is 1900 g/mol. The van der Waals surface area contributed by atoms with Crippen LogP contribution in [-0.4, -0.2) is 165 Å². The first-order valence-electron chi connectivity index (χ1n) is 43.9. The topological polar surface area (TPSA) is 526 Å². The Kier molecular flexibility index (Phi) is 22.7. The molecule has 37 heteroatoms. The lowest BCUT2D eigenvalue weighted by molar-refractivity contribution is -0.243. The van der Waals surface area contributed by atoms with Crippen LogP contribution in [0.1, 0.15) is 312 Å². The Morgan fingerprint density at radius 1 is 0.283 bits per heavy atom. The monoisotopic (exact) mass is 1960 g/mol. The number of ether oxygens (including phenoxy) is 7. The molecule has 16 aliphatic rings. The summed E-state index contributed by atoms with van der Waals surface area (Å²) in [5, 5.41) is 0. The maximum atomic E-state index is 14.2. The van der Waals surface area contributed by atoms with E-state index in [0.29, 0.717) is 61.6 Å². The van der Waals surface area contributed by atoms with Crippen molar-refractivity contribution in [1.29, 1.82) is 0 Å². The number of alkyl halides is 3. The molecule has 25 rings (SSSR count). The Balaban J connectivity index is 0.000000112. The van der Waals surface area contributed by atoms with Gasteiger partial charge >= 0.3 is 77.8 Å². The Bertz CT molecular complexity index is 7480. The second kappa shape index (κ2) is 33.9. The summed E-state index contributed by atoms with van der Waals surface area (Å²) in [5.74, 6) is -14.4. The zero-order chi connectivity index (χ0) is 104. The van der Waals surface area contributed by atoms with E-state index in [2.05, 4.69) is 32.1 Å². The predicted molar refractivity (Wildman–Crippen MR) is 481 cm³/mol. The number of cyclic esters (lactones) is 12. The second-order valence-corrected chi connectivity index (χ2v) is 36.9. The van der Waals surface area contributed by atoms with Gasteiger partial charge in [-0.1, -0.05) is 101 Å². The van der Waals surface area contributed by atoms with Crippen LogP contribution in [0.15, 0.2) is 171 Å². The highest BCUT2D eigenvalue weighted by Gasteiger charge is 2.95. The third kappa shape index (κ3) is 14.3. The van der Waals surface area contributed by atoms with Crippen molar-refractivity contribution in [2.45, 2.75) is 98.6 Å². The van der Waals surface area contributed by atoms with Gasteiger partial charge in [0.1, 0.15) is 40.1 Å². The average molecular weight is 1970 g/mol. The first-order valence-corrected chi connectivity index (χ1v) is 43.9. The number of esters is 12. The Labute approximate surface area is 812 Å². The van der Waals surface area contributed by atoms with Crippen molar-refractivity contribution in [3.05, 3.63) is 304 Å². The summed E-state index contributed by atoms with van der Waals surface area (Å²) in [6.45, 7) is 14.7. The molecule has 724 valence electrons. The van der Waals surface area contributed by atoms with Crippen molar-refractivity contribution in [3.8, 4) is 22.3 Å². The summed E-state index contributed by atoms with van der Waals surface area (Å²) in [6, 6.07) is 38.5. The van der Waals surface area contributed by atoms with Crippen LogP contribution in [0.5, 0.6) is 0 Å². The molecule has 9 aliphatic carbocycles. The van der Waals surface area contributed by atoms with E-state index in [4.69, 9.17) is 14.2 Å². The molecule has 9 aromatic carbocycles. The number of fused-ring (bicyclic) bond motifs is 18. The second-order valence-electron chi connectivity index (χ2n) is 36.9. The van der Waals surface area contributed by atoms with Crippen molar-refractivity contribution in [2.24, 2.45) is 45.3 Å². The molecule has 34 nitrogen and oxygen atoms in total. The SMILES string of the molecule is C.C=C1OC(=O)c2cc(-c3ccc4c(c3)C(=O)OC4=O)ccc21.C=C1OC(=O)c2cc(-c3cccc4c3C(=O)OC4=O)ccc21.CC(c1ccc2c(c1)C(=O)CC2=O)(c1ccc2c(c1)C(=O)CC2=O)C(F)(F)F.CC12C(=O)CC(=O)C1(C)C1(C)C(=O)OC(=O)C21C.O=C(c1ccc2c(c1)C(=O)CC2=O)c1ccc2c(c1)C(=O)CC2=O.O=C1CC(=O)C2C1C1C(=O)OC(=O)C21.O=C1CC(=O)c2cc3c(cc21)C(=O)OC3=O. The van der Waals surface area contributed by atoms with E-state index < -0.39 is 152 Å². The lowest BCUT2D eigenvalue weighted by Crippen LogP contribution is -2.77. The summed E-state index contributed by atoms with van der Waals surface area (Å²) in [7, 11) is 0. The summed E-state index contributed by atoms with van der Waals surface area (Å²) >= 11 is 0. The van der Waals surface area contributed by atoms with Gasteiger partial charge in [-0.05, 0) is 145 Å². The van der Waals surface area contributed by atoms with Crippen LogP contribution in [0, 0.1) is 45.3 Å². The zero-order valence-corrected chi connectivity index (χ0v) is 75.2. The number of carbonyl (C=O) groups is 27. The van der Waals surface area contributed by atoms with Crippen LogP contribution in [0.4, 0.5) is 13.2 Å². The molecule has 0 bridgehead atoms. The van der Waals surface area contributed by atoms with E-state index in [1.54, 1.807) is 94.4 Å². The number of carbonyl (C=O) groups excluding carboxylic acids is 27. The zero-order valence-electron chi connectivity index (χ0n) is 75.2. The minimum absolute atomic E-state index is 0. The fraction of sp³-hybridized carbons (Fsp3) is 0.213. The predicted octanol–water partition coefficient (Wildman–Crippen LogP) is 13.3. The number of benzene rings is 9. The first-order chi connectivity index (χ1) is 67.9. The molecule has 4 saturated carbocycles. The third-order valence-corrected chi connectivity index (χ3v) is 30.0. The molecule has 145 heavy (non-hydrogen) atoms. The molecule has 2 saturated heterocycles. The number of ketones is 15. The van der Waals surface area contributed by atoms with Crippen LogP contribution in [0.3, 0.4) is 0 Å². The summed E-state index contributed by atoms with van der Waals surface area (Å²) in [6.07, 6.45) is -6.30. The molecule has 0 N–H and O–H groups in total. The molecule has 8 unspecified atom stereocenters. The Morgan fingerprint density at radius 2 is 0.586 bits per heavy atom. The fourth-order valence-corrected chi connectivity index (χ4v) is 21.7. The van der Waals surface area contributed by atoms with E-state index in [9.17, 15) is 143 Å². The fourth-order valence-electron chi connectivity index (χ4n) is 21.7. The smallest absolute Gasteiger partial charge is 0.402 e. The number of hydrogen-bond donors (Lipinski definition) is 0. The van der Waals surface area contributed by atoms with E-state index in [1.807, 2.05) is 0 Å². The molecule has 8 atom stereocenters. The average Bonchev–Trinajstić information content (AvgIpc) is 1.44. The van der Waals surface area contributed by atoms with Gasteiger partial charge < -0.3 is 33.2 Å². The van der Waals surface area contributed by atoms with E-state index in [0.717, 1.165) is 24.6 Å². The maximum Gasteiger partial charge on any atom is 0.402 e. The van der Waals surface area contributed by atoms with Gasteiger partial charge in [0.2, 0.25) is 0 Å². The molecule has 0 amide bonds. The molecular formula is C108H67F3O34. The normalized spacial score (nSPS) is 23.4. The highest BCUT2D eigenvalue weighted by Crippen LogP contribution is 2.84. The largest absolute Gasteiger partial charge is 0.423 e. The van der Waals surface area contributed by atoms with Crippen LogP contribution in [0.2, 0.25) is 0 Å². The molecule has 7 aliphatic heterocycles. The van der Waals surface area contributed by atoms with Gasteiger partial charge in [-0.25, -0.2) is 38.4 Å². The molecule has 6 fully saturated rings. The quantitative estimate of drug-likeness (QED) is 0.0645. The standard InChI is InChI=1S/C21H13F3O4.C19H10O5.2C17H8O5.C13H14O5.C11H4O5.C9H6O5.CH4/c1-20(21(22,23)24,10-2-4-12-14(6-10)18(27)8-16(12)25)11-3-5-13-15(7-11)19(28)9-17(13)26;20-15-7-17(22)13-5-9(1-3-11(13)15)19(24)10-2-4-12-14(6-10)18(23)8-16(12)21;1-8-11-4-2-9(6-13(11)16(19)21-8)10-3-5-12-14(7-10)17(20)22-15(12)18;1-8-10-6-5-9(7-13(10)16(19)21-8)11-3-2-4-12-14(11)17(20)22-15(12)18;1-10-6(14)5-7(15)11(10,2)13(4)9(17)18-8(16)12(10,13)3;12-8-3-9(13)5-2-7-6(1-4(5)8)10(14)16-11(7)15;10-2-1-3(11)5-4(2)6-7(5)9(13)14-8(6)12;/h2-7H,8-9H2,1H3;1-6H,7-8H2;2*2-7H,1H2;5H2,1-4H3;1-2H,3H2;4-7H,1H2;1H4. The number of hydrogen-bond acceptors (Lipinski definition) is 34. The first kappa shape index (κ1) is 97.2. The highest BCUT2D eigenvalue weighted by atomic mass is 19.4. The van der Waals surface area contributed by atoms with Gasteiger partial charge in [-0.3, -0.25) is 91.1 Å². The van der Waals surface area contributed by atoms with Crippen LogP contribution < -0.4 is 0 Å². The van der Waals surface area contributed by atoms with Crippen molar-refractivity contribution in [2.75, 3.05) is 0 Å². The third-order valence-electron chi connectivity index (χ3n) is 30.0. The maximum absolute atomic E-state index is 14.2. The van der Waals surface area contributed by atoms with Crippen LogP contribution in [-0.2, 0) is 76.9 Å². The van der Waals surface area contributed by atoms with Gasteiger partial charge in [-0.2, -0.15) is 13.2 Å². The number of halogens is 3. The van der Waals surface area contributed by atoms with Crippen molar-refractivity contribution in [3.63, 3.8) is 0 Å². The number of Topliss-reactive ketones (excluding diaryl/α,β-unsaturated/α-hetero) is 14. The minimum Gasteiger partial charge on any atom is -0.423 e. The lowest BCUT2D eigenvalue weighted by Gasteiger charge is -2.67. The minimum atomic E-state index is -4.76. The molecule has 7 heterocycles. The van der Waals surface area contributed by atoms with E-state index in [1.165, 1.54) is 78.9 Å². The summed E-state index contributed by atoms with van der Waals surface area (Å²) in [4.78, 5) is 316. The van der Waals surface area contributed by atoms with Crippen molar-refractivity contribution < 1.29 is 176 Å². The Hall–Kier alpha value is -18.1. The van der Waals surface area contributed by atoms with Crippen LogP contribution in [0.25, 0.3) is 33.8 Å². The van der Waals surface area contributed by atoms with E-state index in [-0.39, 0.29) is 216 Å². The Morgan fingerprint density at radius 3 is 0.986 bits per heavy atom. The van der Waals surface area contributed by atoms with E-state index >= 15 is 0 Å². The van der Waals surface area contributed by atoms with Gasteiger partial charge in [0.05, 0.1) is 123 Å². The highest BCUT2D eigenvalue weighted by molar-refractivity contribution is 6.31. The number of rotatable bonds is 6.